The molecule has 422 valence electrons. The highest BCUT2D eigenvalue weighted by Crippen LogP contribution is 2.13. The van der Waals surface area contributed by atoms with Crippen LogP contribution in [0, 0.1) is 0 Å². The molecule has 73 heavy (non-hydrogen) atoms. The third-order valence-electron chi connectivity index (χ3n) is 12.1. The van der Waals surface area contributed by atoms with Crippen LogP contribution in [0.15, 0.2) is 9.98 Å². The van der Waals surface area contributed by atoms with Crippen LogP contribution in [-0.4, -0.2) is 129 Å². The molecule has 0 bridgehead atoms. The Kier molecular flexibility index (Phi) is 43.2. The average molecular weight is 1040 g/mol. The number of carboxylic acid groups (broad SMARTS) is 1. The summed E-state index contributed by atoms with van der Waals surface area (Å²) < 4.78 is 11.2. The molecule has 0 heterocycles. The van der Waals surface area contributed by atoms with E-state index < -0.39 is 72.8 Å². The van der Waals surface area contributed by atoms with Crippen molar-refractivity contribution in [3.05, 3.63) is 0 Å². The number of hydrogen-bond acceptors (Lipinski definition) is 13. The van der Waals surface area contributed by atoms with Crippen molar-refractivity contribution < 1.29 is 48.1 Å². The molecule has 16 N–H and O–H groups in total. The normalized spacial score (nSPS) is 12.6. The van der Waals surface area contributed by atoms with Crippen LogP contribution in [0.4, 0.5) is 0 Å². The molecule has 0 aromatic carbocycles. The Morgan fingerprint density at radius 3 is 1.42 bits per heavy atom. The number of nitrogens with two attached hydrogens (primary N) is 5. The van der Waals surface area contributed by atoms with E-state index in [2.05, 4.69) is 50.4 Å². The van der Waals surface area contributed by atoms with E-state index in [9.17, 15) is 38.7 Å². The highest BCUT2D eigenvalue weighted by molar-refractivity contribution is 5.93. The third-order valence-corrected chi connectivity index (χ3v) is 12.1. The molecule has 0 saturated heterocycles. The van der Waals surface area contributed by atoms with Gasteiger partial charge >= 0.3 is 17.9 Å². The minimum atomic E-state index is -1.29. The number of guanidine groups is 2. The predicted molar refractivity (Wildman–Crippen MR) is 286 cm³/mol. The van der Waals surface area contributed by atoms with Crippen LogP contribution in [0.25, 0.3) is 0 Å². The van der Waals surface area contributed by atoms with Gasteiger partial charge in [-0.3, -0.25) is 38.8 Å². The fourth-order valence-corrected chi connectivity index (χ4v) is 7.79. The maximum absolute atomic E-state index is 13.5. The highest BCUT2D eigenvalue weighted by Gasteiger charge is 2.25. The molecule has 0 radical (unpaired) electrons. The van der Waals surface area contributed by atoms with E-state index in [1.165, 1.54) is 83.5 Å². The number of nitrogens with one attached hydrogen (secondary N) is 5. The van der Waals surface area contributed by atoms with Crippen molar-refractivity contribution >= 4 is 53.5 Å². The molecule has 0 aliphatic heterocycles. The van der Waals surface area contributed by atoms with E-state index in [0.29, 0.717) is 32.4 Å². The number of carbonyl (C=O) groups is 7. The predicted octanol–water partition coefficient (Wildman–Crippen LogP) is 3.54. The molecule has 0 rings (SSSR count). The van der Waals surface area contributed by atoms with E-state index in [1.807, 2.05) is 0 Å². The summed E-state index contributed by atoms with van der Waals surface area (Å²) in [4.78, 5) is 97.4. The molecular formula is C51H98N12O10. The first kappa shape index (κ1) is 67.8. The van der Waals surface area contributed by atoms with Crippen LogP contribution in [0.2, 0.25) is 0 Å². The van der Waals surface area contributed by atoms with Crippen LogP contribution in [0.5, 0.6) is 0 Å². The average Bonchev–Trinajstić information content (AvgIpc) is 3.35. The van der Waals surface area contributed by atoms with Gasteiger partial charge in [0.2, 0.25) is 23.6 Å². The van der Waals surface area contributed by atoms with Crippen LogP contribution < -0.4 is 55.3 Å². The zero-order valence-electron chi connectivity index (χ0n) is 44.7. The number of amides is 4. The molecule has 1 unspecified atom stereocenters. The number of nitrogens with zero attached hydrogens (tertiary/aromatic N) is 2. The van der Waals surface area contributed by atoms with Gasteiger partial charge in [-0.1, -0.05) is 129 Å². The summed E-state index contributed by atoms with van der Waals surface area (Å²) in [6, 6.07) is -4.18. The van der Waals surface area contributed by atoms with Crippen LogP contribution in [0.3, 0.4) is 0 Å². The number of aliphatic imine (C=N–C) groups is 2. The summed E-state index contributed by atoms with van der Waals surface area (Å²) in [6.07, 6.45) is 25.1. The van der Waals surface area contributed by atoms with Crippen LogP contribution in [0.1, 0.15) is 200 Å². The molecule has 0 aromatic heterocycles. The number of esters is 2. The lowest BCUT2D eigenvalue weighted by Crippen LogP contribution is -2.52. The van der Waals surface area contributed by atoms with Crippen molar-refractivity contribution in [1.82, 2.24) is 26.6 Å². The molecule has 0 spiro atoms. The Balaban J connectivity index is 5.53. The van der Waals surface area contributed by atoms with Gasteiger partial charge in [-0.05, 0) is 70.8 Å². The maximum Gasteiger partial charge on any atom is 0.326 e. The van der Waals surface area contributed by atoms with Crippen LogP contribution in [-0.2, 0) is 43.0 Å². The second-order valence-electron chi connectivity index (χ2n) is 18.8. The Hall–Kier alpha value is -5.25. The van der Waals surface area contributed by atoms with Gasteiger partial charge in [-0.25, -0.2) is 4.79 Å². The summed E-state index contributed by atoms with van der Waals surface area (Å²) in [5, 5.41) is 22.7. The SMILES string of the molecule is CCCCCCCCCCCCOC(=O)CCC(NCCCC[C@H](NC(=O)CNC(=O)[C@H](N)CCCN=C(N)N)C(=O)NCC(=O)N[C@H](CCCN=C(N)N)C(=O)O)C(=O)OCCCCCCCCCCCC. The molecule has 22 nitrogen and oxygen atoms in total. The Labute approximate surface area is 435 Å². The monoisotopic (exact) mass is 1040 g/mol. The first-order valence-electron chi connectivity index (χ1n) is 27.4. The standard InChI is InChI=1S/C51H98N12O10/c1-3-5-7-9-11-13-15-17-19-23-35-72-45(66)31-30-42(49(71)73-36-24-20-18-16-14-12-10-8-6-4-2)57-32-22-21-28-40(62-43(64)37-60-46(67)39(52)27-25-33-58-50(53)54)47(68)61-38-44(65)63-41(48(69)70)29-26-34-59-51(55)56/h39-42,57H,3-38,52H2,1-2H3,(H,60,67)(H,61,68)(H,62,64)(H,63,65)(H,69,70)(H4,53,54,58)(H4,55,56,59)/t39-,40+,41-,42?/m1/s1. The fourth-order valence-electron chi connectivity index (χ4n) is 7.79. The van der Waals surface area contributed by atoms with Gasteiger partial charge in [-0.15, -0.1) is 0 Å². The van der Waals surface area contributed by atoms with Crippen molar-refractivity contribution in [2.75, 3.05) is 45.9 Å². The van der Waals surface area contributed by atoms with Gasteiger partial charge in [0.15, 0.2) is 11.9 Å². The van der Waals surface area contributed by atoms with Crippen molar-refractivity contribution in [2.45, 2.75) is 224 Å². The Morgan fingerprint density at radius 2 is 0.932 bits per heavy atom. The number of rotatable bonds is 49. The van der Waals surface area contributed by atoms with Crippen molar-refractivity contribution in [3.63, 3.8) is 0 Å². The lowest BCUT2D eigenvalue weighted by Gasteiger charge is -2.20. The zero-order chi connectivity index (χ0) is 54.3. The number of carbonyl (C=O) groups excluding carboxylic acids is 6. The fraction of sp³-hybridized carbons (Fsp3) is 0.824. The Morgan fingerprint density at radius 1 is 0.493 bits per heavy atom. The third kappa shape index (κ3) is 41.9. The summed E-state index contributed by atoms with van der Waals surface area (Å²) in [5.74, 6) is -5.21. The summed E-state index contributed by atoms with van der Waals surface area (Å²) >= 11 is 0. The lowest BCUT2D eigenvalue weighted by molar-refractivity contribution is -0.148. The number of hydrogen-bond donors (Lipinski definition) is 11. The largest absolute Gasteiger partial charge is 0.480 e. The van der Waals surface area contributed by atoms with E-state index in [1.54, 1.807) is 0 Å². The maximum atomic E-state index is 13.5. The molecule has 0 aliphatic carbocycles. The second kappa shape index (κ2) is 46.5. The first-order valence-corrected chi connectivity index (χ1v) is 27.4. The number of ether oxygens (including phenoxy) is 2. The summed E-state index contributed by atoms with van der Waals surface area (Å²) in [6.45, 7) is 4.65. The van der Waals surface area contributed by atoms with Gasteiger partial charge in [0.1, 0.15) is 18.1 Å². The van der Waals surface area contributed by atoms with Gasteiger partial charge in [0.05, 0.1) is 32.3 Å². The van der Waals surface area contributed by atoms with E-state index in [0.717, 1.165) is 44.9 Å². The molecule has 0 aliphatic rings. The van der Waals surface area contributed by atoms with Gasteiger partial charge < -0.3 is 69.8 Å². The minimum Gasteiger partial charge on any atom is -0.480 e. The van der Waals surface area contributed by atoms with E-state index in [-0.39, 0.29) is 76.1 Å². The van der Waals surface area contributed by atoms with Crippen molar-refractivity contribution in [2.24, 2.45) is 38.7 Å². The minimum absolute atomic E-state index is 0.0195. The highest BCUT2D eigenvalue weighted by atomic mass is 16.5. The zero-order valence-corrected chi connectivity index (χ0v) is 44.7. The molecule has 22 heteroatoms. The van der Waals surface area contributed by atoms with E-state index in [4.69, 9.17) is 38.1 Å². The quantitative estimate of drug-likeness (QED) is 0.0180. The molecular weight excluding hydrogens is 941 g/mol. The second-order valence-corrected chi connectivity index (χ2v) is 18.8. The van der Waals surface area contributed by atoms with Gasteiger partial charge in [-0.2, -0.15) is 0 Å². The first-order chi connectivity index (χ1) is 35.1. The number of carboxylic acids is 1. The molecule has 0 aromatic rings. The Bertz CT molecular complexity index is 1580. The number of unbranched alkanes of at least 4 members (excludes halogenated alkanes) is 19. The van der Waals surface area contributed by atoms with E-state index >= 15 is 0 Å². The summed E-state index contributed by atoms with van der Waals surface area (Å²) in [7, 11) is 0. The van der Waals surface area contributed by atoms with Crippen molar-refractivity contribution in [1.29, 1.82) is 0 Å². The van der Waals surface area contributed by atoms with Gasteiger partial charge in [0.25, 0.3) is 0 Å². The molecule has 0 fully saturated rings. The van der Waals surface area contributed by atoms with Crippen molar-refractivity contribution in [3.8, 4) is 0 Å². The number of aliphatic carboxylic acids is 1. The summed E-state index contributed by atoms with van der Waals surface area (Å²) in [5.41, 5.74) is 27.2. The topological polar surface area (TPSA) is 373 Å². The van der Waals surface area contributed by atoms with Gasteiger partial charge in [0, 0.05) is 19.5 Å². The lowest BCUT2D eigenvalue weighted by atomic mass is 10.1. The van der Waals surface area contributed by atoms with Crippen LogP contribution >= 0.6 is 0 Å². The molecule has 4 atom stereocenters. The molecule has 4 amide bonds. The molecule has 0 saturated carbocycles. The smallest absolute Gasteiger partial charge is 0.326 e.